The highest BCUT2D eigenvalue weighted by atomic mass is 127. The molecule has 0 aliphatic rings. The summed E-state index contributed by atoms with van der Waals surface area (Å²) < 4.78 is 10.6. The topological polar surface area (TPSA) is 66.3 Å². The molecule has 0 aliphatic heterocycles. The van der Waals surface area contributed by atoms with E-state index >= 15 is 0 Å². The number of benzene rings is 2. The van der Waals surface area contributed by atoms with Crippen LogP contribution in [-0.4, -0.2) is 50.3 Å². The molecular formula is C21H30IN3O3. The SMILES string of the molecule is CCNC(=NCC(O)c1cccc(OC)c1)N(C)Cc1ccccc1OC.I. The number of ether oxygens (including phenoxy) is 2. The molecule has 0 bridgehead atoms. The van der Waals surface area contributed by atoms with E-state index < -0.39 is 6.10 Å². The van der Waals surface area contributed by atoms with E-state index in [9.17, 15) is 5.11 Å². The zero-order chi connectivity index (χ0) is 19.6. The van der Waals surface area contributed by atoms with Crippen molar-refractivity contribution in [2.45, 2.75) is 19.6 Å². The normalized spacial score (nSPS) is 12.0. The maximum absolute atomic E-state index is 10.5. The quantitative estimate of drug-likeness (QED) is 0.331. The molecule has 0 fully saturated rings. The van der Waals surface area contributed by atoms with Crippen molar-refractivity contribution in [1.82, 2.24) is 10.2 Å². The molecule has 6 nitrogen and oxygen atoms in total. The van der Waals surface area contributed by atoms with E-state index in [-0.39, 0.29) is 30.5 Å². The maximum Gasteiger partial charge on any atom is 0.194 e. The number of methoxy groups -OCH3 is 2. The number of para-hydroxylation sites is 1. The molecule has 7 heteroatoms. The molecule has 2 aromatic rings. The number of halogens is 1. The van der Waals surface area contributed by atoms with E-state index in [0.29, 0.717) is 6.54 Å². The molecule has 2 N–H and O–H groups in total. The molecule has 2 aromatic carbocycles. The van der Waals surface area contributed by atoms with Gasteiger partial charge in [-0.15, -0.1) is 24.0 Å². The number of aliphatic hydroxyl groups is 1. The third kappa shape index (κ3) is 6.87. The number of hydrogen-bond donors (Lipinski definition) is 2. The Bertz CT molecular complexity index is 755. The Morgan fingerprint density at radius 2 is 1.89 bits per heavy atom. The van der Waals surface area contributed by atoms with Crippen molar-refractivity contribution in [3.8, 4) is 11.5 Å². The zero-order valence-corrected chi connectivity index (χ0v) is 19.2. The van der Waals surface area contributed by atoms with Gasteiger partial charge in [0, 0.05) is 25.7 Å². The highest BCUT2D eigenvalue weighted by molar-refractivity contribution is 14.0. The van der Waals surface area contributed by atoms with E-state index in [2.05, 4.69) is 10.3 Å². The summed E-state index contributed by atoms with van der Waals surface area (Å²) in [7, 11) is 5.24. The number of nitrogens with one attached hydrogen (secondary N) is 1. The standard InChI is InChI=1S/C21H29N3O3.HI/c1-5-22-21(24(2)15-17-9-6-7-12-20(17)27-4)23-14-19(25)16-10-8-11-18(13-16)26-3;/h6-13,19,25H,5,14-15H2,1-4H3,(H,22,23);1H. The zero-order valence-electron chi connectivity index (χ0n) is 16.9. The van der Waals surface area contributed by atoms with Crippen molar-refractivity contribution < 1.29 is 14.6 Å². The molecule has 1 atom stereocenters. The second kappa shape index (κ2) is 12.5. The van der Waals surface area contributed by atoms with Crippen molar-refractivity contribution in [3.63, 3.8) is 0 Å². The van der Waals surface area contributed by atoms with E-state index in [1.54, 1.807) is 14.2 Å². The smallest absolute Gasteiger partial charge is 0.194 e. The van der Waals surface area contributed by atoms with E-state index in [0.717, 1.165) is 35.1 Å². The molecule has 0 aromatic heterocycles. The van der Waals surface area contributed by atoms with Gasteiger partial charge in [0.2, 0.25) is 0 Å². The number of rotatable bonds is 8. The van der Waals surface area contributed by atoms with Gasteiger partial charge in [-0.1, -0.05) is 30.3 Å². The summed E-state index contributed by atoms with van der Waals surface area (Å²) in [5.41, 5.74) is 1.85. The lowest BCUT2D eigenvalue weighted by Gasteiger charge is -2.23. The Morgan fingerprint density at radius 1 is 1.14 bits per heavy atom. The Morgan fingerprint density at radius 3 is 2.57 bits per heavy atom. The first-order valence-corrected chi connectivity index (χ1v) is 9.02. The Labute approximate surface area is 184 Å². The van der Waals surface area contributed by atoms with Crippen LogP contribution in [0.15, 0.2) is 53.5 Å². The molecule has 154 valence electrons. The molecule has 0 radical (unpaired) electrons. The van der Waals surface area contributed by atoms with Gasteiger partial charge in [0.1, 0.15) is 11.5 Å². The second-order valence-corrected chi connectivity index (χ2v) is 6.15. The average molecular weight is 499 g/mol. The third-order valence-corrected chi connectivity index (χ3v) is 4.19. The van der Waals surface area contributed by atoms with Gasteiger partial charge in [-0.2, -0.15) is 0 Å². The van der Waals surface area contributed by atoms with E-state index in [1.807, 2.05) is 67.4 Å². The predicted octanol–water partition coefficient (Wildman–Crippen LogP) is 3.45. The predicted molar refractivity (Wildman–Crippen MR) is 124 cm³/mol. The first-order chi connectivity index (χ1) is 13.1. The second-order valence-electron chi connectivity index (χ2n) is 6.15. The summed E-state index contributed by atoms with van der Waals surface area (Å²) in [5.74, 6) is 2.29. The number of hydrogen-bond acceptors (Lipinski definition) is 4. The summed E-state index contributed by atoms with van der Waals surface area (Å²) in [6, 6.07) is 15.3. The van der Waals surface area contributed by atoms with Crippen LogP contribution < -0.4 is 14.8 Å². The Hall–Kier alpha value is -2.00. The lowest BCUT2D eigenvalue weighted by molar-refractivity contribution is 0.186. The van der Waals surface area contributed by atoms with Crippen molar-refractivity contribution in [2.75, 3.05) is 34.4 Å². The molecule has 2 rings (SSSR count). The number of guanidine groups is 1. The highest BCUT2D eigenvalue weighted by Crippen LogP contribution is 2.20. The van der Waals surface area contributed by atoms with Crippen LogP contribution in [0.1, 0.15) is 24.2 Å². The van der Waals surface area contributed by atoms with Crippen LogP contribution >= 0.6 is 24.0 Å². The van der Waals surface area contributed by atoms with Crippen molar-refractivity contribution in [3.05, 3.63) is 59.7 Å². The van der Waals surface area contributed by atoms with Crippen LogP contribution in [0.5, 0.6) is 11.5 Å². The van der Waals surface area contributed by atoms with Crippen LogP contribution in [-0.2, 0) is 6.54 Å². The molecule has 0 saturated carbocycles. The molecular weight excluding hydrogens is 469 g/mol. The summed E-state index contributed by atoms with van der Waals surface area (Å²) in [4.78, 5) is 6.61. The van der Waals surface area contributed by atoms with Gasteiger partial charge in [0.05, 0.1) is 26.9 Å². The number of aliphatic imine (C=N–C) groups is 1. The van der Waals surface area contributed by atoms with Crippen LogP contribution in [0.25, 0.3) is 0 Å². The third-order valence-electron chi connectivity index (χ3n) is 4.19. The largest absolute Gasteiger partial charge is 0.497 e. The van der Waals surface area contributed by atoms with Gasteiger partial charge in [-0.25, -0.2) is 0 Å². The maximum atomic E-state index is 10.5. The minimum atomic E-state index is -0.701. The van der Waals surface area contributed by atoms with Crippen LogP contribution in [0, 0.1) is 0 Å². The number of nitrogens with zero attached hydrogens (tertiary/aromatic N) is 2. The van der Waals surface area contributed by atoms with Crippen LogP contribution in [0.3, 0.4) is 0 Å². The molecule has 0 amide bonds. The molecule has 0 saturated heterocycles. The molecule has 0 spiro atoms. The number of aliphatic hydroxyl groups excluding tert-OH is 1. The summed E-state index contributed by atoms with van der Waals surface area (Å²) >= 11 is 0. The fourth-order valence-corrected chi connectivity index (χ4v) is 2.76. The lowest BCUT2D eigenvalue weighted by atomic mass is 10.1. The van der Waals surface area contributed by atoms with Gasteiger partial charge in [0.25, 0.3) is 0 Å². The molecule has 0 heterocycles. The summed E-state index contributed by atoms with van der Waals surface area (Å²) in [5, 5.41) is 13.8. The van der Waals surface area contributed by atoms with Crippen LogP contribution in [0.2, 0.25) is 0 Å². The van der Waals surface area contributed by atoms with Crippen molar-refractivity contribution in [2.24, 2.45) is 4.99 Å². The van der Waals surface area contributed by atoms with Crippen LogP contribution in [0.4, 0.5) is 0 Å². The highest BCUT2D eigenvalue weighted by Gasteiger charge is 2.12. The molecule has 1 unspecified atom stereocenters. The lowest BCUT2D eigenvalue weighted by Crippen LogP contribution is -2.38. The minimum absolute atomic E-state index is 0. The fourth-order valence-electron chi connectivity index (χ4n) is 2.76. The van der Waals surface area contributed by atoms with Gasteiger partial charge in [0.15, 0.2) is 5.96 Å². The molecule has 0 aliphatic carbocycles. The Balaban J connectivity index is 0.00000392. The van der Waals surface area contributed by atoms with Gasteiger partial charge in [-0.3, -0.25) is 4.99 Å². The minimum Gasteiger partial charge on any atom is -0.497 e. The first kappa shape index (κ1) is 24.0. The van der Waals surface area contributed by atoms with Gasteiger partial charge < -0.3 is 24.8 Å². The Kier molecular flexibility index (Phi) is 10.7. The fraction of sp³-hybridized carbons (Fsp3) is 0.381. The summed E-state index contributed by atoms with van der Waals surface area (Å²) in [6.07, 6.45) is -0.701. The monoisotopic (exact) mass is 499 g/mol. The molecule has 28 heavy (non-hydrogen) atoms. The van der Waals surface area contributed by atoms with E-state index in [4.69, 9.17) is 9.47 Å². The average Bonchev–Trinajstić information content (AvgIpc) is 2.71. The van der Waals surface area contributed by atoms with Gasteiger partial charge >= 0.3 is 0 Å². The van der Waals surface area contributed by atoms with Crippen molar-refractivity contribution >= 4 is 29.9 Å². The first-order valence-electron chi connectivity index (χ1n) is 9.02. The van der Waals surface area contributed by atoms with Gasteiger partial charge in [-0.05, 0) is 30.7 Å². The van der Waals surface area contributed by atoms with Crippen molar-refractivity contribution in [1.29, 1.82) is 0 Å². The summed E-state index contributed by atoms with van der Waals surface area (Å²) in [6.45, 7) is 3.66. The van der Waals surface area contributed by atoms with E-state index in [1.165, 1.54) is 0 Å².